The first-order chi connectivity index (χ1) is 20.7. The van der Waals surface area contributed by atoms with Crippen molar-refractivity contribution in [1.29, 1.82) is 0 Å². The number of benzene rings is 2. The third-order valence-electron chi connectivity index (χ3n) is 8.44. The zero-order chi connectivity index (χ0) is 30.6. The van der Waals surface area contributed by atoms with Crippen molar-refractivity contribution in [2.24, 2.45) is 11.8 Å². The molecule has 2 aromatic rings. The van der Waals surface area contributed by atoms with Crippen LogP contribution < -0.4 is 25.2 Å². The van der Waals surface area contributed by atoms with Crippen LogP contribution in [-0.2, 0) is 23.9 Å². The molecule has 2 N–H and O–H groups in total. The summed E-state index contributed by atoms with van der Waals surface area (Å²) in [4.78, 5) is 44.5. The first-order valence-electron chi connectivity index (χ1n) is 15.3. The van der Waals surface area contributed by atoms with Crippen LogP contribution in [0.2, 0.25) is 0 Å². The van der Waals surface area contributed by atoms with Gasteiger partial charge in [-0.25, -0.2) is 0 Å². The number of carbonyl (C=O) groups is 3. The number of hydrogen-bond donors (Lipinski definition) is 2. The van der Waals surface area contributed by atoms with Crippen LogP contribution in [0.5, 0.6) is 5.75 Å². The minimum absolute atomic E-state index is 0.00160. The molecule has 3 amide bonds. The summed E-state index contributed by atoms with van der Waals surface area (Å²) in [6.45, 7) is 5.95. The van der Waals surface area contributed by atoms with Gasteiger partial charge in [-0.15, -0.1) is 0 Å². The number of hydrogen-bond acceptors (Lipinski definition) is 7. The molecule has 43 heavy (non-hydrogen) atoms. The normalized spacial score (nSPS) is 21.9. The van der Waals surface area contributed by atoms with Gasteiger partial charge in [0.1, 0.15) is 5.75 Å². The van der Waals surface area contributed by atoms with E-state index in [-0.39, 0.29) is 41.6 Å². The summed E-state index contributed by atoms with van der Waals surface area (Å²) in [5.74, 6) is -0.293. The highest BCUT2D eigenvalue weighted by Gasteiger charge is 2.43. The van der Waals surface area contributed by atoms with Gasteiger partial charge in [0.2, 0.25) is 11.8 Å². The van der Waals surface area contributed by atoms with Crippen LogP contribution in [0.25, 0.3) is 0 Å². The van der Waals surface area contributed by atoms with E-state index in [1.165, 1.54) is 0 Å². The fourth-order valence-corrected chi connectivity index (χ4v) is 6.03. The van der Waals surface area contributed by atoms with Crippen molar-refractivity contribution in [3.63, 3.8) is 0 Å². The monoisotopic (exact) mass is 592 g/mol. The summed E-state index contributed by atoms with van der Waals surface area (Å²) in [6, 6.07) is 15.3. The summed E-state index contributed by atoms with van der Waals surface area (Å²) in [5.41, 5.74) is 1.40. The number of nitrogens with zero attached hydrogens (tertiary/aromatic N) is 2. The van der Waals surface area contributed by atoms with E-state index in [4.69, 9.17) is 14.2 Å². The second-order valence-electron chi connectivity index (χ2n) is 12.2. The molecule has 0 unspecified atom stereocenters. The van der Waals surface area contributed by atoms with Crippen molar-refractivity contribution in [1.82, 2.24) is 10.6 Å². The molecule has 0 radical (unpaired) electrons. The highest BCUT2D eigenvalue weighted by Crippen LogP contribution is 2.43. The van der Waals surface area contributed by atoms with Crippen molar-refractivity contribution in [2.75, 3.05) is 56.9 Å². The Bertz CT molecular complexity index is 1300. The van der Waals surface area contributed by atoms with Gasteiger partial charge in [0.05, 0.1) is 30.2 Å². The van der Waals surface area contributed by atoms with Crippen molar-refractivity contribution in [2.45, 2.75) is 57.2 Å². The zero-order valence-electron chi connectivity index (χ0n) is 25.6. The van der Waals surface area contributed by atoms with Crippen LogP contribution in [0, 0.1) is 11.8 Å². The molecular formula is C33H44N4O6. The lowest BCUT2D eigenvalue weighted by Gasteiger charge is -2.40. The topological polar surface area (TPSA) is 109 Å². The second-order valence-corrected chi connectivity index (χ2v) is 12.2. The molecule has 0 spiro atoms. The zero-order valence-corrected chi connectivity index (χ0v) is 25.6. The van der Waals surface area contributed by atoms with Gasteiger partial charge in [0.15, 0.2) is 5.60 Å². The molecule has 3 atom stereocenters. The molecular weight excluding hydrogens is 548 g/mol. The molecule has 2 aromatic carbocycles. The van der Waals surface area contributed by atoms with Gasteiger partial charge >= 0.3 is 0 Å². The number of carbonyl (C=O) groups excluding carboxylic acids is 3. The summed E-state index contributed by atoms with van der Waals surface area (Å²) in [7, 11) is 3.26. The van der Waals surface area contributed by atoms with E-state index in [1.54, 1.807) is 33.0 Å². The minimum atomic E-state index is -0.986. The Labute approximate surface area is 254 Å². The van der Waals surface area contributed by atoms with Crippen LogP contribution in [-0.4, -0.2) is 76.4 Å². The summed E-state index contributed by atoms with van der Waals surface area (Å²) >= 11 is 0. The molecule has 3 aliphatic rings. The maximum Gasteiger partial charge on any atom is 0.270 e. The Hall–Kier alpha value is -3.47. The van der Waals surface area contributed by atoms with E-state index in [9.17, 15) is 14.4 Å². The number of methoxy groups -OCH3 is 2. The minimum Gasteiger partial charge on any atom is -0.476 e. The molecule has 1 saturated carbocycles. The summed E-state index contributed by atoms with van der Waals surface area (Å²) < 4.78 is 16.7. The molecule has 0 bridgehead atoms. The highest BCUT2D eigenvalue weighted by molar-refractivity contribution is 6.04. The van der Waals surface area contributed by atoms with Gasteiger partial charge in [0.25, 0.3) is 5.91 Å². The highest BCUT2D eigenvalue weighted by atomic mass is 16.5. The summed E-state index contributed by atoms with van der Waals surface area (Å²) in [6.07, 6.45) is 2.98. The Morgan fingerprint density at radius 1 is 1.09 bits per heavy atom. The van der Waals surface area contributed by atoms with Crippen LogP contribution in [0.1, 0.15) is 51.1 Å². The SMILES string of the molecule is COCCCN1C(=O)C(C)(C)Oc2ccc(N(C(=O)[C@H]3CNC[C@@H](C(=O)N[C@H](COC)c4ccccc4)C3)C3CC3)cc21. The van der Waals surface area contributed by atoms with Gasteiger partial charge in [-0.3, -0.25) is 14.4 Å². The van der Waals surface area contributed by atoms with E-state index in [0.29, 0.717) is 57.1 Å². The molecule has 2 fully saturated rings. The van der Waals surface area contributed by atoms with E-state index < -0.39 is 5.60 Å². The predicted molar refractivity (Wildman–Crippen MR) is 164 cm³/mol. The third-order valence-corrected chi connectivity index (χ3v) is 8.44. The molecule has 2 aliphatic heterocycles. The molecule has 2 heterocycles. The maximum atomic E-state index is 14.1. The van der Waals surface area contributed by atoms with Crippen LogP contribution in [0.4, 0.5) is 11.4 Å². The van der Waals surface area contributed by atoms with Crippen LogP contribution in [0.3, 0.4) is 0 Å². The van der Waals surface area contributed by atoms with Crippen molar-refractivity contribution < 1.29 is 28.6 Å². The number of ether oxygens (including phenoxy) is 3. The largest absolute Gasteiger partial charge is 0.476 e. The fourth-order valence-electron chi connectivity index (χ4n) is 6.03. The van der Waals surface area contributed by atoms with Crippen molar-refractivity contribution in [3.05, 3.63) is 54.1 Å². The molecule has 10 heteroatoms. The molecule has 232 valence electrons. The van der Waals surface area contributed by atoms with Gasteiger partial charge in [-0.05, 0) is 63.3 Å². The number of amides is 3. The number of fused-ring (bicyclic) bond motifs is 1. The molecule has 0 aromatic heterocycles. The lowest BCUT2D eigenvalue weighted by Crippen LogP contribution is -2.53. The van der Waals surface area contributed by atoms with Gasteiger partial charge in [0, 0.05) is 52.2 Å². The molecule has 5 rings (SSSR count). The first kappa shape index (κ1) is 31.0. The van der Waals surface area contributed by atoms with E-state index >= 15 is 0 Å². The summed E-state index contributed by atoms with van der Waals surface area (Å²) in [5, 5.41) is 6.47. The quantitative estimate of drug-likeness (QED) is 0.364. The first-order valence-corrected chi connectivity index (χ1v) is 15.3. The van der Waals surface area contributed by atoms with Crippen LogP contribution >= 0.6 is 0 Å². The Kier molecular flexibility index (Phi) is 9.68. The fraction of sp³-hybridized carbons (Fsp3) is 0.545. The number of anilines is 2. The Morgan fingerprint density at radius 2 is 1.84 bits per heavy atom. The van der Waals surface area contributed by atoms with Crippen molar-refractivity contribution in [3.8, 4) is 5.75 Å². The third kappa shape index (κ3) is 7.03. The van der Waals surface area contributed by atoms with Gasteiger partial charge in [-0.2, -0.15) is 0 Å². The standard InChI is InChI=1S/C33H44N4O6/c1-33(2)32(40)36(15-8-16-41-3)28-18-26(13-14-29(28)43-33)37(25-11-12-25)31(39)24-17-23(19-34-20-24)30(38)35-27(21-42-4)22-9-6-5-7-10-22/h5-7,9-10,13-14,18,23-25,27,34H,8,11-12,15-17,19-21H2,1-4H3,(H,35,38)/t23-,24+,27+/m0/s1. The van der Waals surface area contributed by atoms with Crippen LogP contribution in [0.15, 0.2) is 48.5 Å². The number of nitrogens with one attached hydrogen (secondary N) is 2. The van der Waals surface area contributed by atoms with Crippen molar-refractivity contribution >= 4 is 29.1 Å². The molecule has 1 aliphatic carbocycles. The predicted octanol–water partition coefficient (Wildman–Crippen LogP) is 3.45. The van der Waals surface area contributed by atoms with E-state index in [0.717, 1.165) is 24.1 Å². The lowest BCUT2D eigenvalue weighted by atomic mass is 9.88. The Morgan fingerprint density at radius 3 is 2.53 bits per heavy atom. The van der Waals surface area contributed by atoms with E-state index in [2.05, 4.69) is 10.6 Å². The molecule has 10 nitrogen and oxygen atoms in total. The average molecular weight is 593 g/mol. The Balaban J connectivity index is 1.33. The van der Waals surface area contributed by atoms with Gasteiger partial charge in [-0.1, -0.05) is 30.3 Å². The van der Waals surface area contributed by atoms with E-state index in [1.807, 2.05) is 53.4 Å². The number of rotatable bonds is 12. The maximum absolute atomic E-state index is 14.1. The number of piperidine rings is 1. The smallest absolute Gasteiger partial charge is 0.270 e. The second kappa shape index (κ2) is 13.4. The van der Waals surface area contributed by atoms with Gasteiger partial charge < -0.3 is 34.6 Å². The average Bonchev–Trinajstić information content (AvgIpc) is 3.85. The lowest BCUT2D eigenvalue weighted by molar-refractivity contribution is -0.132. The molecule has 1 saturated heterocycles.